The Morgan fingerprint density at radius 2 is 2.40 bits per heavy atom. The van der Waals surface area contributed by atoms with Crippen LogP contribution in [0.4, 0.5) is 0 Å². The molecule has 0 aliphatic carbocycles. The molecule has 1 unspecified atom stereocenters. The van der Waals surface area contributed by atoms with Crippen molar-refractivity contribution in [3.05, 3.63) is 0 Å². The molecule has 0 aromatic carbocycles. The predicted octanol–water partition coefficient (Wildman–Crippen LogP) is 1.26. The van der Waals surface area contributed by atoms with Crippen molar-refractivity contribution >= 4 is 5.84 Å². The molecule has 4 nitrogen and oxygen atoms in total. The summed E-state index contributed by atoms with van der Waals surface area (Å²) in [5.41, 5.74) is -0.163. The molecule has 0 aromatic rings. The first-order valence-electron chi connectivity index (χ1n) is 5.71. The van der Waals surface area contributed by atoms with Crippen molar-refractivity contribution in [3.8, 4) is 0 Å². The lowest BCUT2D eigenvalue weighted by atomic mass is 10.00. The van der Waals surface area contributed by atoms with E-state index in [1.165, 1.54) is 6.42 Å². The molecule has 86 valence electrons. The fraction of sp³-hybridized carbons (Fsp3) is 0.909. The van der Waals surface area contributed by atoms with Gasteiger partial charge in [-0.25, -0.2) is 0 Å². The minimum atomic E-state index is -0.163. The van der Waals surface area contributed by atoms with Crippen LogP contribution in [0.3, 0.4) is 0 Å². The van der Waals surface area contributed by atoms with Crippen LogP contribution in [0, 0.1) is 5.41 Å². The van der Waals surface area contributed by atoms with Gasteiger partial charge in [0.2, 0.25) is 0 Å². The van der Waals surface area contributed by atoms with Crippen molar-refractivity contribution in [1.29, 1.82) is 5.41 Å². The molecule has 1 atom stereocenters. The normalized spacial score (nSPS) is 32.3. The molecule has 2 heterocycles. The molecule has 2 saturated heterocycles. The predicted molar refractivity (Wildman–Crippen MR) is 58.3 cm³/mol. The smallest absolute Gasteiger partial charge is 0.111 e. The maximum atomic E-state index is 7.90. The number of ether oxygens (including phenoxy) is 2. The molecule has 2 rings (SSSR count). The molecule has 2 aliphatic heterocycles. The summed E-state index contributed by atoms with van der Waals surface area (Å²) >= 11 is 0. The Kier molecular flexibility index (Phi) is 3.26. The number of amidine groups is 1. The Labute approximate surface area is 91.0 Å². The van der Waals surface area contributed by atoms with E-state index in [0.717, 1.165) is 44.8 Å². The lowest BCUT2D eigenvalue weighted by Gasteiger charge is -2.36. The van der Waals surface area contributed by atoms with Gasteiger partial charge in [0.25, 0.3) is 0 Å². The third-order valence-corrected chi connectivity index (χ3v) is 3.45. The summed E-state index contributed by atoms with van der Waals surface area (Å²) in [5.74, 6) is 0.768. The minimum Gasteiger partial charge on any atom is -0.378 e. The number of piperidine rings is 1. The van der Waals surface area contributed by atoms with Crippen LogP contribution in [0.2, 0.25) is 0 Å². The van der Waals surface area contributed by atoms with Crippen LogP contribution in [0.15, 0.2) is 0 Å². The van der Waals surface area contributed by atoms with E-state index < -0.39 is 0 Å². The van der Waals surface area contributed by atoms with Crippen LogP contribution in [-0.2, 0) is 9.47 Å². The Morgan fingerprint density at radius 3 is 3.00 bits per heavy atom. The quantitative estimate of drug-likeness (QED) is 0.766. The van der Waals surface area contributed by atoms with Crippen LogP contribution in [-0.4, -0.2) is 49.7 Å². The summed E-state index contributed by atoms with van der Waals surface area (Å²) in [5, 5.41) is 7.90. The second-order valence-electron chi connectivity index (χ2n) is 4.52. The summed E-state index contributed by atoms with van der Waals surface area (Å²) in [4.78, 5) is 2.15. The molecular weight excluding hydrogens is 192 g/mol. The average Bonchev–Trinajstić information content (AvgIpc) is 2.71. The molecule has 0 radical (unpaired) electrons. The van der Waals surface area contributed by atoms with Gasteiger partial charge in [0.1, 0.15) is 5.60 Å². The molecule has 0 spiro atoms. The molecule has 15 heavy (non-hydrogen) atoms. The second-order valence-corrected chi connectivity index (χ2v) is 4.52. The number of rotatable bonds is 3. The van der Waals surface area contributed by atoms with E-state index in [1.807, 2.05) is 0 Å². The molecule has 0 saturated carbocycles. The van der Waals surface area contributed by atoms with Crippen LogP contribution >= 0.6 is 0 Å². The third-order valence-electron chi connectivity index (χ3n) is 3.45. The maximum Gasteiger partial charge on any atom is 0.111 e. The zero-order valence-corrected chi connectivity index (χ0v) is 9.42. The van der Waals surface area contributed by atoms with Gasteiger partial charge in [-0.15, -0.1) is 0 Å². The standard InChI is InChI=1S/C11H20N2O2/c1-14-11(5-7-15-9-11)8-13-6-3-2-4-10(13)12/h12H,2-9H2,1H3. The Balaban J connectivity index is 1.96. The van der Waals surface area contributed by atoms with E-state index in [2.05, 4.69) is 4.90 Å². The molecule has 2 aliphatic rings. The summed E-state index contributed by atoms with van der Waals surface area (Å²) in [7, 11) is 1.75. The molecule has 0 amide bonds. The number of hydrogen-bond donors (Lipinski definition) is 1. The second kappa shape index (κ2) is 4.49. The number of hydrogen-bond acceptors (Lipinski definition) is 3. The number of likely N-dealkylation sites (tertiary alicyclic amines) is 1. The van der Waals surface area contributed by atoms with Crippen molar-refractivity contribution in [2.24, 2.45) is 0 Å². The van der Waals surface area contributed by atoms with E-state index >= 15 is 0 Å². The fourth-order valence-electron chi connectivity index (χ4n) is 2.35. The van der Waals surface area contributed by atoms with Gasteiger partial charge < -0.3 is 14.4 Å². The van der Waals surface area contributed by atoms with Crippen molar-refractivity contribution in [1.82, 2.24) is 4.90 Å². The van der Waals surface area contributed by atoms with Gasteiger partial charge in [0, 0.05) is 33.1 Å². The average molecular weight is 212 g/mol. The van der Waals surface area contributed by atoms with E-state index in [0.29, 0.717) is 6.61 Å². The first-order valence-corrected chi connectivity index (χ1v) is 5.71. The van der Waals surface area contributed by atoms with Gasteiger partial charge in [-0.3, -0.25) is 5.41 Å². The Bertz CT molecular complexity index is 237. The van der Waals surface area contributed by atoms with Crippen LogP contribution in [0.1, 0.15) is 25.7 Å². The maximum absolute atomic E-state index is 7.90. The van der Waals surface area contributed by atoms with E-state index in [-0.39, 0.29) is 5.60 Å². The van der Waals surface area contributed by atoms with Crippen molar-refractivity contribution < 1.29 is 9.47 Å². The first-order chi connectivity index (χ1) is 7.26. The molecule has 2 fully saturated rings. The largest absolute Gasteiger partial charge is 0.378 e. The number of nitrogens with zero attached hydrogens (tertiary/aromatic N) is 1. The monoisotopic (exact) mass is 212 g/mol. The van der Waals surface area contributed by atoms with Crippen molar-refractivity contribution in [3.63, 3.8) is 0 Å². The van der Waals surface area contributed by atoms with Crippen LogP contribution < -0.4 is 0 Å². The van der Waals surface area contributed by atoms with Crippen LogP contribution in [0.25, 0.3) is 0 Å². The van der Waals surface area contributed by atoms with Crippen molar-refractivity contribution in [2.75, 3.05) is 33.4 Å². The SMILES string of the molecule is COC1(CN2CCCCC2=N)CCOC1. The highest BCUT2D eigenvalue weighted by Crippen LogP contribution is 2.25. The third kappa shape index (κ3) is 2.32. The fourth-order valence-corrected chi connectivity index (χ4v) is 2.35. The minimum absolute atomic E-state index is 0.163. The molecule has 1 N–H and O–H groups in total. The molecule has 0 aromatic heterocycles. The summed E-state index contributed by atoms with van der Waals surface area (Å²) in [6.07, 6.45) is 4.22. The summed E-state index contributed by atoms with van der Waals surface area (Å²) in [6, 6.07) is 0. The zero-order chi connectivity index (χ0) is 10.7. The lowest BCUT2D eigenvalue weighted by molar-refractivity contribution is -0.0313. The van der Waals surface area contributed by atoms with Gasteiger partial charge in [-0.05, 0) is 12.8 Å². The molecule has 4 heteroatoms. The highest BCUT2D eigenvalue weighted by atomic mass is 16.5. The highest BCUT2D eigenvalue weighted by Gasteiger charge is 2.37. The van der Waals surface area contributed by atoms with Gasteiger partial charge in [-0.1, -0.05) is 0 Å². The van der Waals surface area contributed by atoms with E-state index in [4.69, 9.17) is 14.9 Å². The number of methoxy groups -OCH3 is 1. The van der Waals surface area contributed by atoms with E-state index in [1.54, 1.807) is 7.11 Å². The van der Waals surface area contributed by atoms with Gasteiger partial charge in [0.05, 0.1) is 19.0 Å². The van der Waals surface area contributed by atoms with Gasteiger partial charge in [-0.2, -0.15) is 0 Å². The van der Waals surface area contributed by atoms with E-state index in [9.17, 15) is 0 Å². The van der Waals surface area contributed by atoms with Gasteiger partial charge >= 0.3 is 0 Å². The summed E-state index contributed by atoms with van der Waals surface area (Å²) < 4.78 is 11.0. The van der Waals surface area contributed by atoms with Gasteiger partial charge in [0.15, 0.2) is 0 Å². The topological polar surface area (TPSA) is 45.5 Å². The lowest BCUT2D eigenvalue weighted by Crippen LogP contribution is -2.48. The first kappa shape index (κ1) is 10.9. The highest BCUT2D eigenvalue weighted by molar-refractivity contribution is 5.79. The Morgan fingerprint density at radius 1 is 1.53 bits per heavy atom. The summed E-state index contributed by atoms with van der Waals surface area (Å²) in [6.45, 7) is 3.29. The van der Waals surface area contributed by atoms with Crippen LogP contribution in [0.5, 0.6) is 0 Å². The molecular formula is C11H20N2O2. The molecule has 0 bridgehead atoms. The van der Waals surface area contributed by atoms with Crippen molar-refractivity contribution in [2.45, 2.75) is 31.3 Å². The number of nitrogens with one attached hydrogen (secondary N) is 1. The Hall–Kier alpha value is -0.610. The zero-order valence-electron chi connectivity index (χ0n) is 9.42.